The number of aryl methyl sites for hydroxylation is 4. The number of amides is 1. The standard InChI is InChI=1S/C20H26N4O2S/c1-11-9-13(3)16(10-12(11)2)19(26)14(4)27-20-23-22-18(8-7-17(21)25)24(20)15-5-6-15/h9-10,14-15H,5-8H2,1-4H3,(H2,21,25)/t14-/m0/s1. The van der Waals surface area contributed by atoms with Crippen LogP contribution in [0.1, 0.15) is 65.1 Å². The summed E-state index contributed by atoms with van der Waals surface area (Å²) in [6.45, 7) is 7.97. The first-order valence-electron chi connectivity index (χ1n) is 9.28. The normalized spacial score (nSPS) is 15.0. The zero-order chi connectivity index (χ0) is 19.7. The van der Waals surface area contributed by atoms with Gasteiger partial charge >= 0.3 is 0 Å². The minimum absolute atomic E-state index is 0.102. The Hall–Kier alpha value is -2.15. The van der Waals surface area contributed by atoms with E-state index in [-0.39, 0.29) is 23.4 Å². The van der Waals surface area contributed by atoms with Crippen LogP contribution in [0, 0.1) is 20.8 Å². The molecule has 0 saturated heterocycles. The molecule has 6 nitrogen and oxygen atoms in total. The maximum atomic E-state index is 13.0. The minimum atomic E-state index is -0.344. The molecular formula is C20H26N4O2S. The van der Waals surface area contributed by atoms with Crippen LogP contribution in [0.25, 0.3) is 0 Å². The van der Waals surface area contributed by atoms with Gasteiger partial charge in [0.15, 0.2) is 10.9 Å². The predicted octanol–water partition coefficient (Wildman–Crippen LogP) is 3.32. The molecule has 2 aromatic rings. The number of hydrogen-bond acceptors (Lipinski definition) is 5. The number of primary amides is 1. The largest absolute Gasteiger partial charge is 0.370 e. The Morgan fingerprint density at radius 2 is 1.85 bits per heavy atom. The highest BCUT2D eigenvalue weighted by Crippen LogP contribution is 2.40. The molecule has 1 aromatic heterocycles. The van der Waals surface area contributed by atoms with Crippen LogP contribution in [0.3, 0.4) is 0 Å². The Morgan fingerprint density at radius 3 is 2.48 bits per heavy atom. The van der Waals surface area contributed by atoms with Crippen LogP contribution in [-0.2, 0) is 11.2 Å². The van der Waals surface area contributed by atoms with Crippen LogP contribution in [0.5, 0.6) is 0 Å². The average Bonchev–Trinajstić information content (AvgIpc) is 3.37. The molecule has 7 heteroatoms. The van der Waals surface area contributed by atoms with Crippen molar-refractivity contribution in [2.75, 3.05) is 0 Å². The van der Waals surface area contributed by atoms with Crippen LogP contribution in [0.4, 0.5) is 0 Å². The number of ketones is 1. The third kappa shape index (κ3) is 4.40. The summed E-state index contributed by atoms with van der Waals surface area (Å²) in [5.74, 6) is 0.536. The first kappa shape index (κ1) is 19.6. The van der Waals surface area contributed by atoms with Gasteiger partial charge < -0.3 is 10.3 Å². The highest BCUT2D eigenvalue weighted by Gasteiger charge is 2.31. The topological polar surface area (TPSA) is 90.9 Å². The van der Waals surface area contributed by atoms with Gasteiger partial charge in [0.1, 0.15) is 5.82 Å². The van der Waals surface area contributed by atoms with Crippen molar-refractivity contribution >= 4 is 23.5 Å². The molecule has 0 aliphatic heterocycles. The number of thioether (sulfide) groups is 1. The molecule has 1 fully saturated rings. The second kappa shape index (κ2) is 7.84. The van der Waals surface area contributed by atoms with Crippen molar-refractivity contribution in [2.24, 2.45) is 5.73 Å². The molecular weight excluding hydrogens is 360 g/mol. The van der Waals surface area contributed by atoms with E-state index in [1.165, 1.54) is 17.3 Å². The third-order valence-corrected chi connectivity index (χ3v) is 6.06. The van der Waals surface area contributed by atoms with Gasteiger partial charge in [-0.25, -0.2) is 0 Å². The van der Waals surface area contributed by atoms with Crippen molar-refractivity contribution in [1.29, 1.82) is 0 Å². The molecule has 1 atom stereocenters. The van der Waals surface area contributed by atoms with E-state index in [1.54, 1.807) is 0 Å². The van der Waals surface area contributed by atoms with Crippen LogP contribution < -0.4 is 5.73 Å². The van der Waals surface area contributed by atoms with Crippen molar-refractivity contribution in [3.8, 4) is 0 Å². The van der Waals surface area contributed by atoms with Crippen LogP contribution in [0.2, 0.25) is 0 Å². The summed E-state index contributed by atoms with van der Waals surface area (Å²) in [7, 11) is 0. The number of Topliss-reactive ketones (excluding diaryl/α,β-unsaturated/α-hetero) is 1. The molecule has 1 aromatic carbocycles. The van der Waals surface area contributed by atoms with Gasteiger partial charge in [-0.3, -0.25) is 9.59 Å². The summed E-state index contributed by atoms with van der Waals surface area (Å²) in [5, 5.41) is 9.03. The number of rotatable bonds is 8. The molecule has 0 bridgehead atoms. The van der Waals surface area contributed by atoms with E-state index in [1.807, 2.05) is 26.8 Å². The van der Waals surface area contributed by atoms with Crippen molar-refractivity contribution in [1.82, 2.24) is 14.8 Å². The van der Waals surface area contributed by atoms with E-state index in [2.05, 4.69) is 27.8 Å². The molecule has 0 radical (unpaired) electrons. The SMILES string of the molecule is Cc1cc(C)c(C(=O)[C@H](C)Sc2nnc(CCC(N)=O)n2C2CC2)cc1C. The summed E-state index contributed by atoms with van der Waals surface area (Å²) in [4.78, 5) is 24.1. The van der Waals surface area contributed by atoms with Crippen molar-refractivity contribution in [3.63, 3.8) is 0 Å². The predicted molar refractivity (Wildman–Crippen MR) is 106 cm³/mol. The quantitative estimate of drug-likeness (QED) is 0.555. The number of nitrogens with zero attached hydrogens (tertiary/aromatic N) is 3. The van der Waals surface area contributed by atoms with Gasteiger partial charge in [-0.15, -0.1) is 10.2 Å². The zero-order valence-electron chi connectivity index (χ0n) is 16.3. The number of benzene rings is 1. The molecule has 0 unspecified atom stereocenters. The lowest BCUT2D eigenvalue weighted by molar-refractivity contribution is -0.118. The fourth-order valence-electron chi connectivity index (χ4n) is 3.15. The molecule has 0 spiro atoms. The van der Waals surface area contributed by atoms with E-state index < -0.39 is 0 Å². The maximum absolute atomic E-state index is 13.0. The van der Waals surface area contributed by atoms with Gasteiger partial charge in [0, 0.05) is 24.4 Å². The molecule has 1 aliphatic rings. The first-order valence-corrected chi connectivity index (χ1v) is 10.2. The third-order valence-electron chi connectivity index (χ3n) is 5.00. The monoisotopic (exact) mass is 386 g/mol. The summed E-state index contributed by atoms with van der Waals surface area (Å²) in [5.41, 5.74) is 9.35. The second-order valence-electron chi connectivity index (χ2n) is 7.34. The second-order valence-corrected chi connectivity index (χ2v) is 8.65. The van der Waals surface area contributed by atoms with Crippen molar-refractivity contribution in [2.45, 2.75) is 69.8 Å². The van der Waals surface area contributed by atoms with Gasteiger partial charge in [-0.05, 0) is 63.3 Å². The highest BCUT2D eigenvalue weighted by atomic mass is 32.2. The van der Waals surface area contributed by atoms with E-state index in [0.29, 0.717) is 12.5 Å². The zero-order valence-corrected chi connectivity index (χ0v) is 17.1. The summed E-state index contributed by atoms with van der Waals surface area (Å²) >= 11 is 1.44. The fraction of sp³-hybridized carbons (Fsp3) is 0.500. The molecule has 1 heterocycles. The van der Waals surface area contributed by atoms with Gasteiger partial charge in [-0.2, -0.15) is 0 Å². The fourth-order valence-corrected chi connectivity index (χ4v) is 4.16. The Labute approximate surface area is 163 Å². The minimum Gasteiger partial charge on any atom is -0.370 e. The number of aromatic nitrogens is 3. The lowest BCUT2D eigenvalue weighted by Crippen LogP contribution is -2.17. The van der Waals surface area contributed by atoms with Gasteiger partial charge in [0.05, 0.1) is 5.25 Å². The van der Waals surface area contributed by atoms with Crippen molar-refractivity contribution in [3.05, 3.63) is 40.2 Å². The van der Waals surface area contributed by atoms with Crippen LogP contribution in [-0.4, -0.2) is 31.7 Å². The molecule has 144 valence electrons. The number of carbonyl (C=O) groups excluding carboxylic acids is 2. The van der Waals surface area contributed by atoms with Crippen molar-refractivity contribution < 1.29 is 9.59 Å². The first-order chi connectivity index (χ1) is 12.8. The Kier molecular flexibility index (Phi) is 5.69. The van der Waals surface area contributed by atoms with Crippen LogP contribution >= 0.6 is 11.8 Å². The Morgan fingerprint density at radius 1 is 1.19 bits per heavy atom. The van der Waals surface area contributed by atoms with Gasteiger partial charge in [0.25, 0.3) is 0 Å². The average molecular weight is 387 g/mol. The number of hydrogen-bond donors (Lipinski definition) is 1. The van der Waals surface area contributed by atoms with E-state index in [4.69, 9.17) is 5.73 Å². The Balaban J connectivity index is 1.79. The van der Waals surface area contributed by atoms with E-state index >= 15 is 0 Å². The van der Waals surface area contributed by atoms with E-state index in [9.17, 15) is 9.59 Å². The van der Waals surface area contributed by atoms with E-state index in [0.717, 1.165) is 40.5 Å². The smallest absolute Gasteiger partial charge is 0.217 e. The molecule has 1 saturated carbocycles. The number of nitrogens with two attached hydrogens (primary N) is 1. The molecule has 3 rings (SSSR count). The highest BCUT2D eigenvalue weighted by molar-refractivity contribution is 8.00. The lowest BCUT2D eigenvalue weighted by atomic mass is 9.97. The lowest BCUT2D eigenvalue weighted by Gasteiger charge is -2.15. The molecule has 1 aliphatic carbocycles. The summed E-state index contributed by atoms with van der Waals surface area (Å²) < 4.78 is 2.09. The summed E-state index contributed by atoms with van der Waals surface area (Å²) in [6, 6.07) is 4.42. The Bertz CT molecular complexity index is 886. The molecule has 2 N–H and O–H groups in total. The van der Waals surface area contributed by atoms with Gasteiger partial charge in [0.2, 0.25) is 5.91 Å². The molecule has 1 amide bonds. The summed E-state index contributed by atoms with van der Waals surface area (Å²) in [6.07, 6.45) is 2.89. The maximum Gasteiger partial charge on any atom is 0.217 e. The van der Waals surface area contributed by atoms with Crippen LogP contribution in [0.15, 0.2) is 17.3 Å². The molecule has 27 heavy (non-hydrogen) atoms. The number of carbonyl (C=O) groups is 2. The van der Waals surface area contributed by atoms with Gasteiger partial charge in [-0.1, -0.05) is 17.8 Å².